The van der Waals surface area contributed by atoms with Crippen LogP contribution < -0.4 is 0 Å². The molecule has 2 aromatic rings. The second kappa shape index (κ2) is 23.8. The van der Waals surface area contributed by atoms with E-state index in [-0.39, 0.29) is 0 Å². The summed E-state index contributed by atoms with van der Waals surface area (Å²) < 4.78 is 0. The van der Waals surface area contributed by atoms with Crippen molar-refractivity contribution in [3.05, 3.63) is 102 Å². The van der Waals surface area contributed by atoms with Crippen LogP contribution in [0.1, 0.15) is 45.7 Å². The minimum Gasteiger partial charge on any atom is -0.508 e. The van der Waals surface area contributed by atoms with E-state index in [1.807, 2.05) is 71.8 Å². The van der Waals surface area contributed by atoms with Crippen molar-refractivity contribution in [2.75, 3.05) is 0 Å². The smallest absolute Gasteiger partial charge is 0.149 e. The average Bonchev–Trinajstić information content (AvgIpc) is 2.83. The Kier molecular flexibility index (Phi) is 25.0. The second-order valence-electron chi connectivity index (χ2n) is 5.73. The fourth-order valence-electron chi connectivity index (χ4n) is 1.63. The van der Waals surface area contributed by atoms with E-state index in [0.29, 0.717) is 11.3 Å². The van der Waals surface area contributed by atoms with Crippen LogP contribution in [0.25, 0.3) is 0 Å². The summed E-state index contributed by atoms with van der Waals surface area (Å²) >= 11 is 0. The normalized spacial score (nSPS) is 9.20. The van der Waals surface area contributed by atoms with Crippen molar-refractivity contribution in [2.45, 2.75) is 48.0 Å². The van der Waals surface area contributed by atoms with Crippen molar-refractivity contribution < 1.29 is 14.7 Å². The van der Waals surface area contributed by atoms with E-state index in [2.05, 4.69) is 37.8 Å². The van der Waals surface area contributed by atoms with Crippen molar-refractivity contribution >= 4 is 13.1 Å². The quantitative estimate of drug-likeness (QED) is 0.333. The molecular weight excluding hydrogens is 372 g/mol. The van der Waals surface area contributed by atoms with E-state index < -0.39 is 0 Å². The maximum Gasteiger partial charge on any atom is 0.149 e. The number of carbonyl (C=O) groups is 2. The van der Waals surface area contributed by atoms with Gasteiger partial charge in [0.15, 0.2) is 0 Å². The van der Waals surface area contributed by atoms with Crippen LogP contribution in [-0.4, -0.2) is 18.2 Å². The number of phenolic OH excluding ortho intramolecular Hbond substituents is 1. The number of carbonyl (C=O) groups excluding carboxylic acids is 2. The monoisotopic (exact) mass is 410 g/mol. The summed E-state index contributed by atoms with van der Waals surface area (Å²) in [5.74, 6) is 0.329. The number of hydrogen-bond acceptors (Lipinski definition) is 3. The zero-order valence-electron chi connectivity index (χ0n) is 19.4. The van der Waals surface area contributed by atoms with E-state index in [4.69, 9.17) is 9.90 Å². The highest BCUT2D eigenvalue weighted by molar-refractivity contribution is 5.76. The number of aryl methyl sites for hydroxylation is 2. The standard InChI is InChI=1S/C9H12O.C8H10.C7H8O.C2H6.CH2O/c1-4-8(2)5-6-9(3)7-10;1-2-8-6-4-3-5-7-8;1-6-2-4-7(8)5-3-6;2*1-2/h4-7H,3H2,1-2H3;3-7H,2H2,1H3;2-5,8H,1H3;1-2H3;1H2/b6-5-,8-4-;;;;. The summed E-state index contributed by atoms with van der Waals surface area (Å²) in [6.07, 6.45) is 7.40. The first-order valence-corrected chi connectivity index (χ1v) is 9.96. The number of hydrogen-bond donors (Lipinski definition) is 1. The van der Waals surface area contributed by atoms with E-state index >= 15 is 0 Å². The van der Waals surface area contributed by atoms with Gasteiger partial charge in [0.25, 0.3) is 0 Å². The molecule has 0 aromatic heterocycles. The molecule has 0 atom stereocenters. The molecule has 3 nitrogen and oxygen atoms in total. The van der Waals surface area contributed by atoms with Crippen molar-refractivity contribution in [3.8, 4) is 5.75 Å². The van der Waals surface area contributed by atoms with Gasteiger partial charge in [-0.1, -0.05) is 99.2 Å². The Hall–Kier alpha value is -3.20. The third kappa shape index (κ3) is 21.1. The van der Waals surface area contributed by atoms with Crippen LogP contribution in [0, 0.1) is 6.92 Å². The van der Waals surface area contributed by atoms with E-state index in [1.165, 1.54) is 11.1 Å². The summed E-state index contributed by atoms with van der Waals surface area (Å²) in [5, 5.41) is 8.76. The number of benzene rings is 2. The lowest BCUT2D eigenvalue weighted by Gasteiger charge is -1.89. The van der Waals surface area contributed by atoms with Crippen LogP contribution >= 0.6 is 0 Å². The molecular formula is C27H38O3. The van der Waals surface area contributed by atoms with Crippen LogP contribution in [0.5, 0.6) is 5.75 Å². The molecule has 0 saturated carbocycles. The Morgan fingerprint density at radius 3 is 1.80 bits per heavy atom. The second-order valence-corrected chi connectivity index (χ2v) is 5.73. The highest BCUT2D eigenvalue weighted by atomic mass is 16.3. The third-order valence-corrected chi connectivity index (χ3v) is 3.45. The van der Waals surface area contributed by atoms with Gasteiger partial charge in [-0.2, -0.15) is 0 Å². The lowest BCUT2D eigenvalue weighted by molar-refractivity contribution is -0.104. The summed E-state index contributed by atoms with van der Waals surface area (Å²) in [5.41, 5.74) is 4.21. The number of allylic oxidation sites excluding steroid dienone is 5. The Morgan fingerprint density at radius 2 is 1.47 bits per heavy atom. The molecule has 0 saturated heterocycles. The van der Waals surface area contributed by atoms with Crippen LogP contribution in [0.2, 0.25) is 0 Å². The first-order chi connectivity index (χ1) is 14.4. The van der Waals surface area contributed by atoms with Gasteiger partial charge < -0.3 is 9.90 Å². The lowest BCUT2D eigenvalue weighted by Crippen LogP contribution is -1.74. The van der Waals surface area contributed by atoms with Gasteiger partial charge in [0.2, 0.25) is 0 Å². The summed E-state index contributed by atoms with van der Waals surface area (Å²) in [7, 11) is 0. The van der Waals surface area contributed by atoms with Gasteiger partial charge in [0.05, 0.1) is 0 Å². The molecule has 1 N–H and O–H groups in total. The molecule has 164 valence electrons. The van der Waals surface area contributed by atoms with Crippen LogP contribution in [0.15, 0.2) is 90.6 Å². The minimum absolute atomic E-state index is 0.329. The number of aromatic hydroxyl groups is 1. The topological polar surface area (TPSA) is 54.4 Å². The van der Waals surface area contributed by atoms with Crippen LogP contribution in [0.3, 0.4) is 0 Å². The lowest BCUT2D eigenvalue weighted by atomic mass is 10.2. The molecule has 0 amide bonds. The summed E-state index contributed by atoms with van der Waals surface area (Å²) in [6, 6.07) is 17.5. The highest BCUT2D eigenvalue weighted by Crippen LogP contribution is 2.07. The molecule has 0 aliphatic heterocycles. The molecule has 2 aromatic carbocycles. The molecule has 30 heavy (non-hydrogen) atoms. The van der Waals surface area contributed by atoms with E-state index in [1.54, 1.807) is 18.2 Å². The molecule has 0 bridgehead atoms. The van der Waals surface area contributed by atoms with E-state index in [0.717, 1.165) is 18.3 Å². The SMILES string of the molecule is C=C(C=O)/C=C\C(C)=C/C.C=O.CC.CCc1ccccc1.Cc1ccc(O)cc1. The zero-order chi connectivity index (χ0) is 23.8. The molecule has 0 spiro atoms. The molecule has 0 aliphatic carbocycles. The fourth-order valence-corrected chi connectivity index (χ4v) is 1.63. The summed E-state index contributed by atoms with van der Waals surface area (Å²) in [6.45, 7) is 17.6. The Morgan fingerprint density at radius 1 is 0.967 bits per heavy atom. The fraction of sp³-hybridized carbons (Fsp3) is 0.259. The molecule has 0 heterocycles. The van der Waals surface area contributed by atoms with Gasteiger partial charge in [0, 0.05) is 5.57 Å². The van der Waals surface area contributed by atoms with Gasteiger partial charge in [-0.3, -0.25) is 4.79 Å². The predicted octanol–water partition coefficient (Wildman–Crippen LogP) is 7.05. The maximum absolute atomic E-state index is 10.0. The average molecular weight is 411 g/mol. The van der Waals surface area contributed by atoms with Gasteiger partial charge in [-0.25, -0.2) is 0 Å². The third-order valence-electron chi connectivity index (χ3n) is 3.45. The van der Waals surface area contributed by atoms with Gasteiger partial charge in [0.1, 0.15) is 18.8 Å². The summed E-state index contributed by atoms with van der Waals surface area (Å²) in [4.78, 5) is 18.0. The van der Waals surface area contributed by atoms with Crippen molar-refractivity contribution in [2.24, 2.45) is 0 Å². The van der Waals surface area contributed by atoms with Gasteiger partial charge >= 0.3 is 0 Å². The number of aldehydes is 1. The Labute approximate surface area is 183 Å². The molecule has 0 fully saturated rings. The molecule has 2 rings (SSSR count). The van der Waals surface area contributed by atoms with Gasteiger partial charge in [-0.05, 0) is 44.9 Å². The van der Waals surface area contributed by atoms with Crippen LogP contribution in [0.4, 0.5) is 0 Å². The zero-order valence-corrected chi connectivity index (χ0v) is 19.4. The Balaban J connectivity index is -0.000000337. The Bertz CT molecular complexity index is 687. The first-order valence-electron chi connectivity index (χ1n) is 9.96. The largest absolute Gasteiger partial charge is 0.508 e. The van der Waals surface area contributed by atoms with Crippen molar-refractivity contribution in [1.82, 2.24) is 0 Å². The maximum atomic E-state index is 10.0. The van der Waals surface area contributed by atoms with Crippen LogP contribution in [-0.2, 0) is 16.0 Å². The predicted molar refractivity (Wildman–Crippen MR) is 131 cm³/mol. The van der Waals surface area contributed by atoms with Crippen molar-refractivity contribution in [1.29, 1.82) is 0 Å². The minimum atomic E-state index is 0.329. The highest BCUT2D eigenvalue weighted by Gasteiger charge is 1.82. The number of phenols is 1. The van der Waals surface area contributed by atoms with E-state index in [9.17, 15) is 4.79 Å². The van der Waals surface area contributed by atoms with Gasteiger partial charge in [-0.15, -0.1) is 0 Å². The first kappa shape index (κ1) is 31.5. The molecule has 3 heteroatoms. The molecule has 0 aliphatic rings. The number of rotatable bonds is 4. The molecule has 0 radical (unpaired) electrons. The molecule has 0 unspecified atom stereocenters. The van der Waals surface area contributed by atoms with Crippen molar-refractivity contribution in [3.63, 3.8) is 0 Å².